The van der Waals surface area contributed by atoms with Crippen molar-refractivity contribution in [1.82, 2.24) is 0 Å². The van der Waals surface area contributed by atoms with E-state index < -0.39 is 0 Å². The van der Waals surface area contributed by atoms with Crippen LogP contribution in [0.15, 0.2) is 16.6 Å². The molecule has 1 aromatic rings. The van der Waals surface area contributed by atoms with E-state index in [0.717, 1.165) is 16.6 Å². The third kappa shape index (κ3) is 1.71. The van der Waals surface area contributed by atoms with E-state index >= 15 is 0 Å². The summed E-state index contributed by atoms with van der Waals surface area (Å²) in [5.41, 5.74) is 8.99. The molecule has 1 aliphatic heterocycles. The topological polar surface area (TPSA) is 35.2 Å². The van der Waals surface area contributed by atoms with Crippen LogP contribution in [0.25, 0.3) is 0 Å². The third-order valence-electron chi connectivity index (χ3n) is 4.15. The maximum absolute atomic E-state index is 6.17. The van der Waals surface area contributed by atoms with Crippen molar-refractivity contribution in [2.45, 2.75) is 50.7 Å². The Bertz CT molecular complexity index is 466. The molecule has 2 N–H and O–H groups in total. The zero-order chi connectivity index (χ0) is 12.2. The van der Waals surface area contributed by atoms with Gasteiger partial charge < -0.3 is 10.5 Å². The van der Waals surface area contributed by atoms with E-state index in [1.54, 1.807) is 0 Å². The van der Waals surface area contributed by atoms with Crippen LogP contribution >= 0.6 is 15.9 Å². The molecule has 1 heterocycles. The van der Waals surface area contributed by atoms with Crippen molar-refractivity contribution in [3.05, 3.63) is 27.7 Å². The van der Waals surface area contributed by atoms with Crippen molar-refractivity contribution in [2.75, 3.05) is 0 Å². The Morgan fingerprint density at radius 2 is 2.18 bits per heavy atom. The van der Waals surface area contributed by atoms with Crippen molar-refractivity contribution in [3.63, 3.8) is 0 Å². The molecule has 0 amide bonds. The molecule has 3 heteroatoms. The smallest absolute Gasteiger partial charge is 0.126 e. The fraction of sp³-hybridized carbons (Fsp3) is 0.571. The molecule has 1 aromatic carbocycles. The monoisotopic (exact) mass is 295 g/mol. The fourth-order valence-corrected chi connectivity index (χ4v) is 3.47. The molecular weight excluding hydrogens is 278 g/mol. The molecule has 0 radical (unpaired) electrons. The second-order valence-electron chi connectivity index (χ2n) is 5.52. The Balaban J connectivity index is 2.12. The van der Waals surface area contributed by atoms with E-state index in [4.69, 9.17) is 10.5 Å². The van der Waals surface area contributed by atoms with Gasteiger partial charge in [-0.15, -0.1) is 0 Å². The number of fused-ring (bicyclic) bond motifs is 1. The van der Waals surface area contributed by atoms with Crippen molar-refractivity contribution in [1.29, 1.82) is 0 Å². The number of hydrogen-bond donors (Lipinski definition) is 1. The molecule has 0 saturated heterocycles. The molecule has 3 rings (SSSR count). The lowest BCUT2D eigenvalue weighted by Gasteiger charge is -2.23. The van der Waals surface area contributed by atoms with Gasteiger partial charge in [0.1, 0.15) is 11.9 Å². The summed E-state index contributed by atoms with van der Waals surface area (Å²) in [4.78, 5) is 0. The van der Waals surface area contributed by atoms with Crippen LogP contribution in [-0.2, 0) is 11.8 Å². The lowest BCUT2D eigenvalue weighted by molar-refractivity contribution is 0.250. The van der Waals surface area contributed by atoms with Crippen LogP contribution in [0.3, 0.4) is 0 Å². The van der Waals surface area contributed by atoms with Gasteiger partial charge in [0.25, 0.3) is 0 Å². The predicted molar refractivity (Wildman–Crippen MR) is 72.5 cm³/mol. The zero-order valence-electron chi connectivity index (χ0n) is 10.3. The molecule has 1 aliphatic carbocycles. The minimum atomic E-state index is 0.165. The molecule has 17 heavy (non-hydrogen) atoms. The SMILES string of the molecule is CC1Cc2cc(Br)cc(C3(C(C)N)CC3)c2O1. The van der Waals surface area contributed by atoms with Gasteiger partial charge in [0.05, 0.1) is 0 Å². The molecule has 0 spiro atoms. The number of ether oxygens (including phenoxy) is 1. The summed E-state index contributed by atoms with van der Waals surface area (Å²) in [6.45, 7) is 4.24. The second-order valence-corrected chi connectivity index (χ2v) is 6.43. The first-order valence-electron chi connectivity index (χ1n) is 6.28. The first-order valence-corrected chi connectivity index (χ1v) is 7.07. The standard InChI is InChI=1S/C14H18BrNO/c1-8-5-10-6-11(15)7-12(13(10)17-8)14(3-4-14)9(2)16/h6-9H,3-5,16H2,1-2H3. The average molecular weight is 296 g/mol. The Labute approximate surface area is 111 Å². The quantitative estimate of drug-likeness (QED) is 0.910. The summed E-state index contributed by atoms with van der Waals surface area (Å²) in [5, 5.41) is 0. The van der Waals surface area contributed by atoms with Crippen LogP contribution in [0.5, 0.6) is 5.75 Å². The van der Waals surface area contributed by atoms with E-state index in [0.29, 0.717) is 6.10 Å². The molecule has 92 valence electrons. The second kappa shape index (κ2) is 3.72. The molecule has 0 aromatic heterocycles. The molecule has 1 saturated carbocycles. The van der Waals surface area contributed by atoms with Crippen LogP contribution in [0, 0.1) is 0 Å². The number of halogens is 1. The van der Waals surface area contributed by atoms with Crippen LogP contribution < -0.4 is 10.5 Å². The molecule has 2 atom stereocenters. The van der Waals surface area contributed by atoms with Gasteiger partial charge in [-0.3, -0.25) is 0 Å². The van der Waals surface area contributed by atoms with Crippen molar-refractivity contribution < 1.29 is 4.74 Å². The maximum atomic E-state index is 6.17. The first kappa shape index (κ1) is 11.5. The van der Waals surface area contributed by atoms with Gasteiger partial charge in [0, 0.05) is 27.9 Å². The van der Waals surface area contributed by atoms with E-state index in [9.17, 15) is 0 Å². The Kier molecular flexibility index (Phi) is 2.53. The first-order chi connectivity index (χ1) is 8.03. The summed E-state index contributed by atoms with van der Waals surface area (Å²) in [6.07, 6.45) is 3.68. The van der Waals surface area contributed by atoms with Crippen molar-refractivity contribution in [3.8, 4) is 5.75 Å². The molecule has 2 aliphatic rings. The Morgan fingerprint density at radius 3 is 2.76 bits per heavy atom. The zero-order valence-corrected chi connectivity index (χ0v) is 11.9. The van der Waals surface area contributed by atoms with Crippen LogP contribution in [0.1, 0.15) is 37.8 Å². The highest BCUT2D eigenvalue weighted by molar-refractivity contribution is 9.10. The highest BCUT2D eigenvalue weighted by atomic mass is 79.9. The minimum Gasteiger partial charge on any atom is -0.490 e. The van der Waals surface area contributed by atoms with Gasteiger partial charge in [-0.2, -0.15) is 0 Å². The fourth-order valence-electron chi connectivity index (χ4n) is 2.97. The number of nitrogens with two attached hydrogens (primary N) is 1. The largest absolute Gasteiger partial charge is 0.490 e. The molecule has 0 bridgehead atoms. The summed E-state index contributed by atoms with van der Waals surface area (Å²) < 4.78 is 7.14. The van der Waals surface area contributed by atoms with Crippen molar-refractivity contribution >= 4 is 15.9 Å². The van der Waals surface area contributed by atoms with E-state index in [1.807, 2.05) is 0 Å². The highest BCUT2D eigenvalue weighted by Crippen LogP contribution is 2.55. The van der Waals surface area contributed by atoms with Gasteiger partial charge in [-0.05, 0) is 44.4 Å². The van der Waals surface area contributed by atoms with Gasteiger partial charge in [-0.25, -0.2) is 0 Å². The summed E-state index contributed by atoms with van der Waals surface area (Å²) in [5.74, 6) is 1.11. The summed E-state index contributed by atoms with van der Waals surface area (Å²) in [7, 11) is 0. The van der Waals surface area contributed by atoms with Gasteiger partial charge in [0.15, 0.2) is 0 Å². The van der Waals surface area contributed by atoms with Crippen molar-refractivity contribution in [2.24, 2.45) is 5.73 Å². The molecular formula is C14H18BrNO. The third-order valence-corrected chi connectivity index (χ3v) is 4.61. The average Bonchev–Trinajstić information content (AvgIpc) is 2.96. The normalized spacial score (nSPS) is 26.2. The van der Waals surface area contributed by atoms with E-state index in [1.165, 1.54) is 24.0 Å². The van der Waals surface area contributed by atoms with E-state index in [2.05, 4.69) is 41.9 Å². The summed E-state index contributed by atoms with van der Waals surface area (Å²) in [6, 6.07) is 4.58. The Morgan fingerprint density at radius 1 is 1.47 bits per heavy atom. The van der Waals surface area contributed by atoms with Gasteiger partial charge in [0.2, 0.25) is 0 Å². The maximum Gasteiger partial charge on any atom is 0.126 e. The van der Waals surface area contributed by atoms with Gasteiger partial charge >= 0.3 is 0 Å². The Hall–Kier alpha value is -0.540. The lowest BCUT2D eigenvalue weighted by Crippen LogP contribution is -2.32. The predicted octanol–water partition coefficient (Wildman–Crippen LogP) is 3.15. The van der Waals surface area contributed by atoms with E-state index in [-0.39, 0.29) is 11.5 Å². The highest BCUT2D eigenvalue weighted by Gasteiger charge is 2.50. The van der Waals surface area contributed by atoms with Gasteiger partial charge in [-0.1, -0.05) is 15.9 Å². The van der Waals surface area contributed by atoms with Crippen LogP contribution in [0.2, 0.25) is 0 Å². The lowest BCUT2D eigenvalue weighted by atomic mass is 9.87. The number of hydrogen-bond acceptors (Lipinski definition) is 2. The van der Waals surface area contributed by atoms with Crippen LogP contribution in [-0.4, -0.2) is 12.1 Å². The summed E-state index contributed by atoms with van der Waals surface area (Å²) >= 11 is 3.61. The minimum absolute atomic E-state index is 0.165. The van der Waals surface area contributed by atoms with Crippen LogP contribution in [0.4, 0.5) is 0 Å². The molecule has 1 fully saturated rings. The number of benzene rings is 1. The number of rotatable bonds is 2. The molecule has 2 nitrogen and oxygen atoms in total. The molecule has 2 unspecified atom stereocenters.